The van der Waals surface area contributed by atoms with Crippen LogP contribution in [0.2, 0.25) is 0 Å². The fraction of sp³-hybridized carbons (Fsp3) is 0.500. The van der Waals surface area contributed by atoms with Gasteiger partial charge in [0.1, 0.15) is 0 Å². The lowest BCUT2D eigenvalue weighted by atomic mass is 9.95. The molecule has 0 bridgehead atoms. The van der Waals surface area contributed by atoms with E-state index >= 15 is 0 Å². The Bertz CT molecular complexity index is 357. The Morgan fingerprint density at radius 2 is 1.88 bits per heavy atom. The van der Waals surface area contributed by atoms with Crippen molar-refractivity contribution in [3.05, 3.63) is 35.4 Å². The van der Waals surface area contributed by atoms with Crippen LogP contribution in [0.1, 0.15) is 37.9 Å². The van der Waals surface area contributed by atoms with Crippen molar-refractivity contribution in [2.24, 2.45) is 5.92 Å². The van der Waals surface area contributed by atoms with Gasteiger partial charge in [0.05, 0.1) is 6.54 Å². The van der Waals surface area contributed by atoms with Crippen molar-refractivity contribution in [1.82, 2.24) is 5.32 Å². The SMILES string of the molecule is CCc1ccc(C(NCC(=O)O)C(C)C)cc1. The zero-order valence-corrected chi connectivity index (χ0v) is 10.7. The van der Waals surface area contributed by atoms with E-state index in [2.05, 4.69) is 50.4 Å². The summed E-state index contributed by atoms with van der Waals surface area (Å²) in [6.07, 6.45) is 1.02. The normalized spacial score (nSPS) is 12.7. The van der Waals surface area contributed by atoms with Crippen molar-refractivity contribution in [1.29, 1.82) is 0 Å². The highest BCUT2D eigenvalue weighted by atomic mass is 16.4. The van der Waals surface area contributed by atoms with E-state index < -0.39 is 5.97 Å². The maximum absolute atomic E-state index is 10.6. The van der Waals surface area contributed by atoms with Gasteiger partial charge in [-0.05, 0) is 23.5 Å². The summed E-state index contributed by atoms with van der Waals surface area (Å²) >= 11 is 0. The molecule has 94 valence electrons. The maximum atomic E-state index is 10.6. The van der Waals surface area contributed by atoms with E-state index in [4.69, 9.17) is 5.11 Å². The summed E-state index contributed by atoms with van der Waals surface area (Å²) in [6, 6.07) is 8.47. The third kappa shape index (κ3) is 4.19. The molecule has 0 aliphatic carbocycles. The van der Waals surface area contributed by atoms with E-state index in [0.717, 1.165) is 12.0 Å². The fourth-order valence-corrected chi connectivity index (χ4v) is 1.90. The van der Waals surface area contributed by atoms with E-state index in [9.17, 15) is 4.79 Å². The zero-order chi connectivity index (χ0) is 12.8. The van der Waals surface area contributed by atoms with Crippen LogP contribution in [0, 0.1) is 5.92 Å². The van der Waals surface area contributed by atoms with Gasteiger partial charge in [0.2, 0.25) is 0 Å². The summed E-state index contributed by atoms with van der Waals surface area (Å²) < 4.78 is 0. The summed E-state index contributed by atoms with van der Waals surface area (Å²) in [5.74, 6) is -0.456. The van der Waals surface area contributed by atoms with Gasteiger partial charge in [-0.2, -0.15) is 0 Å². The highest BCUT2D eigenvalue weighted by molar-refractivity contribution is 5.69. The second kappa shape index (κ2) is 6.40. The molecule has 0 aliphatic rings. The molecular formula is C14H21NO2. The number of benzene rings is 1. The Balaban J connectivity index is 2.78. The van der Waals surface area contributed by atoms with Crippen LogP contribution in [0.5, 0.6) is 0 Å². The van der Waals surface area contributed by atoms with Crippen LogP contribution in [0.15, 0.2) is 24.3 Å². The van der Waals surface area contributed by atoms with Crippen LogP contribution in [0.25, 0.3) is 0 Å². The number of rotatable bonds is 6. The number of carbonyl (C=O) groups is 1. The number of hydrogen-bond donors (Lipinski definition) is 2. The molecule has 1 unspecified atom stereocenters. The first-order chi connectivity index (χ1) is 8.04. The topological polar surface area (TPSA) is 49.3 Å². The predicted molar refractivity (Wildman–Crippen MR) is 69.0 cm³/mol. The molecule has 0 aromatic heterocycles. The largest absolute Gasteiger partial charge is 0.480 e. The van der Waals surface area contributed by atoms with E-state index in [0.29, 0.717) is 5.92 Å². The predicted octanol–water partition coefficient (Wildman–Crippen LogP) is 2.62. The first-order valence-corrected chi connectivity index (χ1v) is 6.08. The molecule has 1 atom stereocenters. The summed E-state index contributed by atoms with van der Waals surface area (Å²) in [6.45, 7) is 6.30. The van der Waals surface area contributed by atoms with E-state index in [1.807, 2.05) is 0 Å². The van der Waals surface area contributed by atoms with Crippen molar-refractivity contribution in [2.75, 3.05) is 6.54 Å². The van der Waals surface area contributed by atoms with Crippen molar-refractivity contribution >= 4 is 5.97 Å². The van der Waals surface area contributed by atoms with Crippen LogP contribution >= 0.6 is 0 Å². The van der Waals surface area contributed by atoms with Crippen LogP contribution in [0.3, 0.4) is 0 Å². The lowest BCUT2D eigenvalue weighted by Gasteiger charge is -2.22. The lowest BCUT2D eigenvalue weighted by molar-refractivity contribution is -0.136. The number of carboxylic acids is 1. The molecule has 0 amide bonds. The molecule has 0 saturated carbocycles. The van der Waals surface area contributed by atoms with Crippen molar-refractivity contribution in [2.45, 2.75) is 33.2 Å². The van der Waals surface area contributed by atoms with Crippen molar-refractivity contribution < 1.29 is 9.90 Å². The minimum Gasteiger partial charge on any atom is -0.480 e. The van der Waals surface area contributed by atoms with Gasteiger partial charge in [0.25, 0.3) is 0 Å². The standard InChI is InChI=1S/C14H21NO2/c1-4-11-5-7-12(8-6-11)14(10(2)3)15-9-13(16)17/h5-8,10,14-15H,4,9H2,1-3H3,(H,16,17). The van der Waals surface area contributed by atoms with Crippen LogP contribution in [-0.4, -0.2) is 17.6 Å². The summed E-state index contributed by atoms with van der Waals surface area (Å²) in [5, 5.41) is 11.8. The Morgan fingerprint density at radius 1 is 1.29 bits per heavy atom. The monoisotopic (exact) mass is 235 g/mol. The molecule has 1 aromatic carbocycles. The molecular weight excluding hydrogens is 214 g/mol. The zero-order valence-electron chi connectivity index (χ0n) is 10.7. The summed E-state index contributed by atoms with van der Waals surface area (Å²) in [7, 11) is 0. The Hall–Kier alpha value is -1.35. The van der Waals surface area contributed by atoms with Crippen LogP contribution in [0.4, 0.5) is 0 Å². The van der Waals surface area contributed by atoms with Gasteiger partial charge in [-0.3, -0.25) is 10.1 Å². The van der Waals surface area contributed by atoms with Gasteiger partial charge in [-0.25, -0.2) is 0 Å². The molecule has 0 radical (unpaired) electrons. The second-order valence-corrected chi connectivity index (χ2v) is 4.59. The number of nitrogens with one attached hydrogen (secondary N) is 1. The number of aliphatic carboxylic acids is 1. The van der Waals surface area contributed by atoms with Gasteiger partial charge < -0.3 is 5.11 Å². The minimum atomic E-state index is -0.819. The number of aryl methyl sites for hydroxylation is 1. The van der Waals surface area contributed by atoms with E-state index in [-0.39, 0.29) is 12.6 Å². The summed E-state index contributed by atoms with van der Waals surface area (Å²) in [5.41, 5.74) is 2.45. The second-order valence-electron chi connectivity index (χ2n) is 4.59. The molecule has 0 heterocycles. The Morgan fingerprint density at radius 3 is 2.29 bits per heavy atom. The van der Waals surface area contributed by atoms with Gasteiger partial charge in [-0.1, -0.05) is 45.0 Å². The average Bonchev–Trinajstić information content (AvgIpc) is 2.29. The molecule has 2 N–H and O–H groups in total. The van der Waals surface area contributed by atoms with Crippen molar-refractivity contribution in [3.63, 3.8) is 0 Å². The molecule has 1 aromatic rings. The average molecular weight is 235 g/mol. The molecule has 3 heteroatoms. The number of carboxylic acid groups (broad SMARTS) is 1. The van der Waals surface area contributed by atoms with Gasteiger partial charge >= 0.3 is 5.97 Å². The Kier molecular flexibility index (Phi) is 5.16. The highest BCUT2D eigenvalue weighted by Gasteiger charge is 2.15. The number of hydrogen-bond acceptors (Lipinski definition) is 2. The van der Waals surface area contributed by atoms with Crippen LogP contribution < -0.4 is 5.32 Å². The Labute approximate surface area is 103 Å². The molecule has 0 saturated heterocycles. The lowest BCUT2D eigenvalue weighted by Crippen LogP contribution is -2.30. The molecule has 0 fully saturated rings. The molecule has 0 spiro atoms. The molecule has 1 rings (SSSR count). The first kappa shape index (κ1) is 13.7. The molecule has 17 heavy (non-hydrogen) atoms. The third-order valence-corrected chi connectivity index (χ3v) is 2.89. The highest BCUT2D eigenvalue weighted by Crippen LogP contribution is 2.21. The smallest absolute Gasteiger partial charge is 0.317 e. The maximum Gasteiger partial charge on any atom is 0.317 e. The molecule has 0 aliphatic heterocycles. The van der Waals surface area contributed by atoms with Crippen molar-refractivity contribution in [3.8, 4) is 0 Å². The quantitative estimate of drug-likeness (QED) is 0.797. The van der Waals surface area contributed by atoms with Gasteiger partial charge in [-0.15, -0.1) is 0 Å². The van der Waals surface area contributed by atoms with E-state index in [1.165, 1.54) is 5.56 Å². The fourth-order valence-electron chi connectivity index (χ4n) is 1.90. The first-order valence-electron chi connectivity index (χ1n) is 6.08. The van der Waals surface area contributed by atoms with E-state index in [1.54, 1.807) is 0 Å². The minimum absolute atomic E-state index is 0.00161. The third-order valence-electron chi connectivity index (χ3n) is 2.89. The molecule has 3 nitrogen and oxygen atoms in total. The van der Waals surface area contributed by atoms with Gasteiger partial charge in [0, 0.05) is 6.04 Å². The summed E-state index contributed by atoms with van der Waals surface area (Å²) in [4.78, 5) is 10.6. The van der Waals surface area contributed by atoms with Crippen LogP contribution in [-0.2, 0) is 11.2 Å². The van der Waals surface area contributed by atoms with Gasteiger partial charge in [0.15, 0.2) is 0 Å².